The summed E-state index contributed by atoms with van der Waals surface area (Å²) in [5.41, 5.74) is 0.832. The van der Waals surface area contributed by atoms with Crippen molar-refractivity contribution in [3.8, 4) is 5.75 Å². The van der Waals surface area contributed by atoms with Gasteiger partial charge in [-0.05, 0) is 6.07 Å². The normalized spacial score (nSPS) is 11.0. The summed E-state index contributed by atoms with van der Waals surface area (Å²) < 4.78 is 57.7. The zero-order chi connectivity index (χ0) is 19.6. The molecular formula is C18H12F4N2O3. The summed E-state index contributed by atoms with van der Waals surface area (Å²) in [6.45, 7) is -0.842. The van der Waals surface area contributed by atoms with Gasteiger partial charge in [-0.2, -0.15) is 13.9 Å². The number of aromatic nitrogens is 2. The van der Waals surface area contributed by atoms with Crippen molar-refractivity contribution < 1.29 is 31.9 Å². The number of aromatic amines is 1. The van der Waals surface area contributed by atoms with Crippen LogP contribution in [-0.2, 0) is 4.79 Å². The maximum Gasteiger partial charge on any atom is 0.203 e. The lowest BCUT2D eigenvalue weighted by atomic mass is 10.1. The molecule has 0 spiro atoms. The number of Topliss-reactive ketones (excluding diaryl/α,β-unsaturated/α-hetero) is 2. The number of H-pyrrole nitrogens is 1. The molecule has 0 aliphatic heterocycles. The molecule has 0 atom stereocenters. The maximum absolute atomic E-state index is 13.5. The van der Waals surface area contributed by atoms with Gasteiger partial charge in [-0.25, -0.2) is 8.78 Å². The Morgan fingerprint density at radius 3 is 2.37 bits per heavy atom. The molecule has 140 valence electrons. The number of benzene rings is 2. The molecule has 0 radical (unpaired) electrons. The summed E-state index contributed by atoms with van der Waals surface area (Å²) >= 11 is 0. The molecule has 0 saturated heterocycles. The van der Waals surface area contributed by atoms with Gasteiger partial charge in [0.1, 0.15) is 12.3 Å². The minimum absolute atomic E-state index is 0.0339. The van der Waals surface area contributed by atoms with Crippen molar-refractivity contribution in [2.45, 2.75) is 12.8 Å². The monoisotopic (exact) mass is 380 g/mol. The molecule has 0 bridgehead atoms. The van der Waals surface area contributed by atoms with Crippen molar-refractivity contribution in [1.29, 1.82) is 0 Å². The van der Waals surface area contributed by atoms with Gasteiger partial charge in [0.2, 0.25) is 11.6 Å². The second kappa shape index (κ2) is 7.56. The molecule has 0 fully saturated rings. The van der Waals surface area contributed by atoms with Crippen molar-refractivity contribution in [3.63, 3.8) is 0 Å². The van der Waals surface area contributed by atoms with Crippen LogP contribution in [0.1, 0.15) is 23.3 Å². The van der Waals surface area contributed by atoms with E-state index >= 15 is 0 Å². The van der Waals surface area contributed by atoms with Crippen molar-refractivity contribution in [1.82, 2.24) is 10.2 Å². The number of fused-ring (bicyclic) bond motifs is 1. The van der Waals surface area contributed by atoms with E-state index in [0.717, 1.165) is 0 Å². The van der Waals surface area contributed by atoms with Gasteiger partial charge < -0.3 is 4.74 Å². The number of rotatable bonds is 7. The number of carbonyl (C=O) groups excluding carboxylic acids is 2. The Bertz CT molecular complexity index is 1010. The Labute approximate surface area is 149 Å². The molecule has 2 aromatic carbocycles. The SMILES string of the molecule is O=C(CCC(=O)c1n[nH]c2ccccc12)COc1c(F)c(F)cc(F)c1F. The molecule has 1 heterocycles. The van der Waals surface area contributed by atoms with Crippen LogP contribution < -0.4 is 4.74 Å². The molecular weight excluding hydrogens is 368 g/mol. The van der Waals surface area contributed by atoms with Crippen LogP contribution in [0.15, 0.2) is 30.3 Å². The van der Waals surface area contributed by atoms with Crippen LogP contribution in [0, 0.1) is 23.3 Å². The van der Waals surface area contributed by atoms with Crippen molar-refractivity contribution in [2.75, 3.05) is 6.61 Å². The molecule has 0 saturated carbocycles. The average molecular weight is 380 g/mol. The van der Waals surface area contributed by atoms with Crippen LogP contribution in [-0.4, -0.2) is 28.4 Å². The number of nitrogens with zero attached hydrogens (tertiary/aromatic N) is 1. The van der Waals surface area contributed by atoms with Crippen LogP contribution in [0.4, 0.5) is 17.6 Å². The lowest BCUT2D eigenvalue weighted by Crippen LogP contribution is -2.15. The maximum atomic E-state index is 13.5. The number of ketones is 2. The minimum Gasteiger partial charge on any atom is -0.480 e. The molecule has 3 rings (SSSR count). The summed E-state index contributed by atoms with van der Waals surface area (Å²) in [4.78, 5) is 24.0. The topological polar surface area (TPSA) is 72.0 Å². The summed E-state index contributed by atoms with van der Waals surface area (Å²) in [5.74, 6) is -9.15. The first-order valence-corrected chi connectivity index (χ1v) is 7.82. The highest BCUT2D eigenvalue weighted by molar-refractivity contribution is 6.06. The summed E-state index contributed by atoms with van der Waals surface area (Å²) in [5, 5.41) is 7.20. The van der Waals surface area contributed by atoms with E-state index in [-0.39, 0.29) is 24.6 Å². The van der Waals surface area contributed by atoms with Crippen LogP contribution in [0.2, 0.25) is 0 Å². The molecule has 27 heavy (non-hydrogen) atoms. The first kappa shape index (κ1) is 18.6. The Balaban J connectivity index is 1.60. The second-order valence-corrected chi connectivity index (χ2v) is 5.67. The first-order valence-electron chi connectivity index (χ1n) is 7.82. The zero-order valence-corrected chi connectivity index (χ0v) is 13.7. The Morgan fingerprint density at radius 1 is 1.00 bits per heavy atom. The molecule has 0 unspecified atom stereocenters. The molecule has 1 N–H and O–H groups in total. The van der Waals surface area contributed by atoms with E-state index in [1.807, 2.05) is 0 Å². The predicted octanol–water partition coefficient (Wildman–Crippen LogP) is 3.73. The lowest BCUT2D eigenvalue weighted by molar-refractivity contribution is -0.121. The molecule has 9 heteroatoms. The molecule has 0 aliphatic rings. The third-order valence-corrected chi connectivity index (χ3v) is 3.81. The predicted molar refractivity (Wildman–Crippen MR) is 86.4 cm³/mol. The lowest BCUT2D eigenvalue weighted by Gasteiger charge is -2.08. The van der Waals surface area contributed by atoms with Gasteiger partial charge in [0.25, 0.3) is 0 Å². The number of para-hydroxylation sites is 1. The Hall–Kier alpha value is -3.23. The van der Waals surface area contributed by atoms with Gasteiger partial charge in [-0.1, -0.05) is 18.2 Å². The molecule has 1 aromatic heterocycles. The Kier molecular flexibility index (Phi) is 5.20. The van der Waals surface area contributed by atoms with E-state index in [4.69, 9.17) is 0 Å². The van der Waals surface area contributed by atoms with Crippen molar-refractivity contribution >= 4 is 22.5 Å². The van der Waals surface area contributed by atoms with E-state index < -0.39 is 47.2 Å². The van der Waals surface area contributed by atoms with Gasteiger partial charge in [0.15, 0.2) is 29.0 Å². The summed E-state index contributed by atoms with van der Waals surface area (Å²) in [7, 11) is 0. The number of nitrogens with one attached hydrogen (secondary N) is 1. The zero-order valence-electron chi connectivity index (χ0n) is 13.7. The van der Waals surface area contributed by atoms with E-state index in [2.05, 4.69) is 14.9 Å². The van der Waals surface area contributed by atoms with Gasteiger partial charge in [-0.15, -0.1) is 0 Å². The fourth-order valence-corrected chi connectivity index (χ4v) is 2.45. The van der Waals surface area contributed by atoms with Gasteiger partial charge in [0.05, 0.1) is 5.52 Å². The summed E-state index contributed by atoms with van der Waals surface area (Å²) in [6, 6.07) is 6.96. The van der Waals surface area contributed by atoms with E-state index in [0.29, 0.717) is 10.9 Å². The largest absolute Gasteiger partial charge is 0.480 e. The highest BCUT2D eigenvalue weighted by atomic mass is 19.2. The number of halogens is 4. The number of carbonyl (C=O) groups is 2. The minimum atomic E-state index is -1.74. The van der Waals surface area contributed by atoms with Gasteiger partial charge in [0, 0.05) is 24.3 Å². The quantitative estimate of drug-likeness (QED) is 0.385. The van der Waals surface area contributed by atoms with Crippen molar-refractivity contribution in [3.05, 3.63) is 59.3 Å². The fourth-order valence-electron chi connectivity index (χ4n) is 2.45. The molecule has 0 aliphatic carbocycles. The Morgan fingerprint density at radius 2 is 1.67 bits per heavy atom. The van der Waals surface area contributed by atoms with Gasteiger partial charge >= 0.3 is 0 Å². The van der Waals surface area contributed by atoms with E-state index in [9.17, 15) is 27.2 Å². The molecule has 3 aromatic rings. The number of hydrogen-bond donors (Lipinski definition) is 1. The number of hydrogen-bond acceptors (Lipinski definition) is 4. The fraction of sp³-hybridized carbons (Fsp3) is 0.167. The second-order valence-electron chi connectivity index (χ2n) is 5.67. The highest BCUT2D eigenvalue weighted by Gasteiger charge is 2.22. The van der Waals surface area contributed by atoms with Crippen LogP contribution in [0.25, 0.3) is 10.9 Å². The average Bonchev–Trinajstić information content (AvgIpc) is 3.08. The third kappa shape index (κ3) is 3.81. The smallest absolute Gasteiger partial charge is 0.203 e. The summed E-state index contributed by atoms with van der Waals surface area (Å²) in [6.07, 6.45) is -0.499. The first-order chi connectivity index (χ1) is 12.9. The van der Waals surface area contributed by atoms with Crippen molar-refractivity contribution in [2.24, 2.45) is 0 Å². The molecule has 5 nitrogen and oxygen atoms in total. The van der Waals surface area contributed by atoms with E-state index in [1.54, 1.807) is 24.3 Å². The van der Waals surface area contributed by atoms with Crippen LogP contribution in [0.5, 0.6) is 5.75 Å². The third-order valence-electron chi connectivity index (χ3n) is 3.81. The standard InChI is InChI=1S/C18H12F4N2O3/c19-11-7-12(20)16(22)18(15(11)21)27-8-9(25)5-6-14(26)17-10-3-1-2-4-13(10)23-24-17/h1-4,7H,5-6,8H2,(H,23,24). The van der Waals surface area contributed by atoms with Crippen LogP contribution >= 0.6 is 0 Å². The van der Waals surface area contributed by atoms with Gasteiger partial charge in [-0.3, -0.25) is 14.7 Å². The van der Waals surface area contributed by atoms with Crippen LogP contribution in [0.3, 0.4) is 0 Å². The van der Waals surface area contributed by atoms with E-state index in [1.165, 1.54) is 0 Å². The molecule has 0 amide bonds. The highest BCUT2D eigenvalue weighted by Crippen LogP contribution is 2.26. The number of ether oxygens (including phenoxy) is 1.